The molecule has 2 N–H and O–H groups in total. The summed E-state index contributed by atoms with van der Waals surface area (Å²) < 4.78 is 5.64. The third-order valence-corrected chi connectivity index (χ3v) is 5.30. The summed E-state index contributed by atoms with van der Waals surface area (Å²) in [5.41, 5.74) is 0.735. The van der Waals surface area contributed by atoms with Crippen LogP contribution in [0.1, 0.15) is 9.67 Å². The molecule has 0 fully saturated rings. The van der Waals surface area contributed by atoms with Crippen LogP contribution in [-0.4, -0.2) is 32.1 Å². The van der Waals surface area contributed by atoms with E-state index in [9.17, 15) is 14.7 Å². The molecule has 4 aromatic rings. The van der Waals surface area contributed by atoms with Gasteiger partial charge in [0.2, 0.25) is 0 Å². The molecule has 0 atom stereocenters. The lowest BCUT2D eigenvalue weighted by atomic mass is 10.1. The Balaban J connectivity index is 1.65. The zero-order chi connectivity index (χ0) is 20.0. The number of carbonyl (C=O) groups excluding carboxylic acids is 1. The quantitative estimate of drug-likeness (QED) is 0.521. The number of carbonyl (C=O) groups is 2. The predicted molar refractivity (Wildman–Crippen MR) is 106 cm³/mol. The first-order valence-corrected chi connectivity index (χ1v) is 9.25. The van der Waals surface area contributed by atoms with Crippen LogP contribution in [0.5, 0.6) is 11.8 Å². The Morgan fingerprint density at radius 3 is 2.69 bits per heavy atom. The molecule has 29 heavy (non-hydrogen) atoms. The van der Waals surface area contributed by atoms with Crippen molar-refractivity contribution in [3.05, 3.63) is 59.7 Å². The van der Waals surface area contributed by atoms with Crippen molar-refractivity contribution in [2.45, 2.75) is 0 Å². The molecule has 0 bridgehead atoms. The molecule has 0 radical (unpaired) electrons. The molecule has 0 spiro atoms. The second kappa shape index (κ2) is 6.53. The van der Waals surface area contributed by atoms with Gasteiger partial charge in [0.05, 0.1) is 16.8 Å². The summed E-state index contributed by atoms with van der Waals surface area (Å²) in [6.07, 6.45) is 2.96. The number of thiophene rings is 1. The highest BCUT2D eigenvalue weighted by molar-refractivity contribution is 7.21. The van der Waals surface area contributed by atoms with E-state index in [1.54, 1.807) is 18.2 Å². The number of carboxylic acid groups (broad SMARTS) is 1. The number of pyridine rings is 1. The van der Waals surface area contributed by atoms with Crippen LogP contribution in [0.3, 0.4) is 0 Å². The molecule has 10 heteroatoms. The summed E-state index contributed by atoms with van der Waals surface area (Å²) in [6, 6.07) is 11.6. The average molecular weight is 405 g/mol. The molecule has 4 heterocycles. The van der Waals surface area contributed by atoms with Gasteiger partial charge in [-0.2, -0.15) is 4.98 Å². The SMILES string of the molecule is O=C(O)c1sc2nccc3c2c1N(c1ccnc(Oc2ccccc2)n1)C(=O)N3. The molecule has 0 aliphatic carbocycles. The number of hydrogen-bond acceptors (Lipinski definition) is 7. The van der Waals surface area contributed by atoms with Gasteiger partial charge in [0.1, 0.15) is 21.3 Å². The van der Waals surface area contributed by atoms with Crippen LogP contribution in [0, 0.1) is 0 Å². The Morgan fingerprint density at radius 1 is 1.10 bits per heavy atom. The standard InChI is InChI=1S/C19H11N5O4S/c25-17(26)15-14-13-11(6-8-20-16(13)29-15)22-19(27)24(14)12-7-9-21-18(23-12)28-10-4-2-1-3-5-10/h1-9H,(H,22,27)(H,25,26). The second-order valence-corrected chi connectivity index (χ2v) is 7.00. The molecule has 1 aliphatic heterocycles. The van der Waals surface area contributed by atoms with Crippen molar-refractivity contribution in [3.8, 4) is 11.8 Å². The highest BCUT2D eigenvalue weighted by Gasteiger charge is 2.35. The predicted octanol–water partition coefficient (Wildman–Crippen LogP) is 4.26. The van der Waals surface area contributed by atoms with Crippen LogP contribution >= 0.6 is 11.3 Å². The molecule has 0 saturated carbocycles. The number of nitrogens with zero attached hydrogens (tertiary/aromatic N) is 4. The molecule has 5 rings (SSSR count). The van der Waals surface area contributed by atoms with Crippen molar-refractivity contribution >= 4 is 50.7 Å². The van der Waals surface area contributed by atoms with Crippen LogP contribution in [0.2, 0.25) is 0 Å². The van der Waals surface area contributed by atoms with Gasteiger partial charge in [-0.25, -0.2) is 24.5 Å². The van der Waals surface area contributed by atoms with E-state index in [-0.39, 0.29) is 22.4 Å². The smallest absolute Gasteiger partial charge is 0.348 e. The number of ether oxygens (including phenoxy) is 1. The van der Waals surface area contributed by atoms with Crippen molar-refractivity contribution in [3.63, 3.8) is 0 Å². The first-order chi connectivity index (χ1) is 14.1. The van der Waals surface area contributed by atoms with E-state index >= 15 is 0 Å². The number of anilines is 3. The summed E-state index contributed by atoms with van der Waals surface area (Å²) >= 11 is 0.999. The van der Waals surface area contributed by atoms with Gasteiger partial charge in [-0.05, 0) is 18.2 Å². The first-order valence-electron chi connectivity index (χ1n) is 8.43. The van der Waals surface area contributed by atoms with E-state index in [2.05, 4.69) is 20.3 Å². The van der Waals surface area contributed by atoms with Crippen molar-refractivity contribution < 1.29 is 19.4 Å². The minimum atomic E-state index is -1.15. The number of aromatic carboxylic acids is 1. The fourth-order valence-electron chi connectivity index (χ4n) is 3.06. The van der Waals surface area contributed by atoms with Crippen molar-refractivity contribution in [1.82, 2.24) is 15.0 Å². The molecular weight excluding hydrogens is 394 g/mol. The largest absolute Gasteiger partial charge is 0.477 e. The number of rotatable bonds is 4. The van der Waals surface area contributed by atoms with Crippen molar-refractivity contribution in [2.75, 3.05) is 10.2 Å². The van der Waals surface area contributed by atoms with E-state index < -0.39 is 12.0 Å². The normalized spacial score (nSPS) is 12.7. The third kappa shape index (κ3) is 2.82. The lowest BCUT2D eigenvalue weighted by molar-refractivity contribution is 0.0703. The van der Waals surface area contributed by atoms with E-state index in [4.69, 9.17) is 4.74 Å². The molecule has 142 valence electrons. The van der Waals surface area contributed by atoms with Gasteiger partial charge < -0.3 is 15.2 Å². The number of urea groups is 1. The van der Waals surface area contributed by atoms with Gasteiger partial charge in [-0.3, -0.25) is 0 Å². The summed E-state index contributed by atoms with van der Waals surface area (Å²) in [5.74, 6) is -0.435. The Kier molecular flexibility index (Phi) is 3.85. The monoisotopic (exact) mass is 405 g/mol. The van der Waals surface area contributed by atoms with Gasteiger partial charge in [0, 0.05) is 18.5 Å². The molecule has 9 nitrogen and oxygen atoms in total. The van der Waals surface area contributed by atoms with Crippen LogP contribution in [0.15, 0.2) is 54.9 Å². The van der Waals surface area contributed by atoms with E-state index in [0.717, 1.165) is 11.3 Å². The minimum absolute atomic E-state index is 0.000981. The Morgan fingerprint density at radius 2 is 1.90 bits per heavy atom. The highest BCUT2D eigenvalue weighted by Crippen LogP contribution is 2.46. The summed E-state index contributed by atoms with van der Waals surface area (Å²) in [5, 5.41) is 13.0. The fraction of sp³-hybridized carbons (Fsp3) is 0. The average Bonchev–Trinajstić information content (AvgIpc) is 3.10. The van der Waals surface area contributed by atoms with Crippen LogP contribution in [0.4, 0.5) is 22.0 Å². The maximum atomic E-state index is 12.8. The molecule has 3 aromatic heterocycles. The molecule has 0 saturated heterocycles. The number of aromatic nitrogens is 3. The molecular formula is C19H11N5O4S. The molecule has 1 aliphatic rings. The fourth-order valence-corrected chi connectivity index (χ4v) is 4.05. The third-order valence-electron chi connectivity index (χ3n) is 4.23. The van der Waals surface area contributed by atoms with Crippen molar-refractivity contribution in [2.24, 2.45) is 0 Å². The Labute approximate surface area is 167 Å². The number of carboxylic acids is 1. The van der Waals surface area contributed by atoms with Crippen LogP contribution < -0.4 is 15.0 Å². The van der Waals surface area contributed by atoms with Crippen LogP contribution in [-0.2, 0) is 0 Å². The summed E-state index contributed by atoms with van der Waals surface area (Å²) in [7, 11) is 0. The second-order valence-electron chi connectivity index (χ2n) is 6.00. The topological polar surface area (TPSA) is 118 Å². The number of hydrogen-bond donors (Lipinski definition) is 2. The van der Waals surface area contributed by atoms with E-state index in [1.165, 1.54) is 23.4 Å². The maximum absolute atomic E-state index is 12.8. The molecule has 1 aromatic carbocycles. The Bertz CT molecular complexity index is 1270. The maximum Gasteiger partial charge on any atom is 0.348 e. The first kappa shape index (κ1) is 17.1. The van der Waals surface area contributed by atoms with Gasteiger partial charge in [-0.1, -0.05) is 18.2 Å². The Hall–Kier alpha value is -4.05. The number of benzene rings is 1. The van der Waals surface area contributed by atoms with Gasteiger partial charge in [-0.15, -0.1) is 11.3 Å². The number of nitrogens with one attached hydrogen (secondary N) is 1. The zero-order valence-electron chi connectivity index (χ0n) is 14.6. The molecule has 0 unspecified atom stereocenters. The van der Waals surface area contributed by atoms with Gasteiger partial charge in [0.25, 0.3) is 0 Å². The van der Waals surface area contributed by atoms with Crippen LogP contribution in [0.25, 0.3) is 10.2 Å². The number of para-hydroxylation sites is 1. The van der Waals surface area contributed by atoms with E-state index in [1.807, 2.05) is 18.2 Å². The molecule has 2 amide bonds. The summed E-state index contributed by atoms with van der Waals surface area (Å²) in [4.78, 5) is 39.0. The number of amides is 2. The van der Waals surface area contributed by atoms with Crippen molar-refractivity contribution in [1.29, 1.82) is 0 Å². The van der Waals surface area contributed by atoms with E-state index in [0.29, 0.717) is 21.7 Å². The minimum Gasteiger partial charge on any atom is -0.477 e. The lowest BCUT2D eigenvalue weighted by Crippen LogP contribution is -2.35. The lowest BCUT2D eigenvalue weighted by Gasteiger charge is -2.27. The highest BCUT2D eigenvalue weighted by atomic mass is 32.1. The summed E-state index contributed by atoms with van der Waals surface area (Å²) in [6.45, 7) is 0. The van der Waals surface area contributed by atoms with Gasteiger partial charge in [0.15, 0.2) is 0 Å². The van der Waals surface area contributed by atoms with Gasteiger partial charge >= 0.3 is 18.0 Å². The zero-order valence-corrected chi connectivity index (χ0v) is 15.4.